The number of hydrogen-bond acceptors (Lipinski definition) is 1. The quantitative estimate of drug-likeness (QED) is 0.763. The Bertz CT molecular complexity index is 427. The van der Waals surface area contributed by atoms with Crippen molar-refractivity contribution < 1.29 is 0 Å². The fraction of sp³-hybridized carbons (Fsp3) is 0.0833. The zero-order valence-electron chi connectivity index (χ0n) is 8.07. The highest BCUT2D eigenvalue weighted by atomic mass is 15.1. The van der Waals surface area contributed by atoms with Crippen molar-refractivity contribution in [3.8, 4) is 11.1 Å². The van der Waals surface area contributed by atoms with Crippen LogP contribution in [-0.2, 0) is 0 Å². The minimum Gasteiger partial charge on any atom is -0.284 e. The molecule has 0 atom stereocenters. The van der Waals surface area contributed by atoms with Crippen LogP contribution in [0.25, 0.3) is 17.2 Å². The largest absolute Gasteiger partial charge is 0.284 e. The number of H-pyrrole nitrogens is 1. The topological polar surface area (TPSA) is 28.7 Å². The number of nitrogens with zero attached hydrogens (tertiary/aromatic N) is 1. The summed E-state index contributed by atoms with van der Waals surface area (Å²) >= 11 is 0. The lowest BCUT2D eigenvalue weighted by molar-refractivity contribution is 1.08. The van der Waals surface area contributed by atoms with E-state index in [4.69, 9.17) is 0 Å². The predicted octanol–water partition coefficient (Wildman–Crippen LogP) is 3.11. The number of benzene rings is 1. The van der Waals surface area contributed by atoms with Gasteiger partial charge in [-0.25, -0.2) is 0 Å². The van der Waals surface area contributed by atoms with Crippen molar-refractivity contribution in [3.05, 3.63) is 48.3 Å². The molecule has 0 saturated carbocycles. The molecular weight excluding hydrogens is 172 g/mol. The van der Waals surface area contributed by atoms with Gasteiger partial charge in [-0.3, -0.25) is 5.10 Å². The molecule has 0 spiro atoms. The fourth-order valence-electron chi connectivity index (χ4n) is 1.43. The Morgan fingerprint density at radius 2 is 2.00 bits per heavy atom. The molecule has 70 valence electrons. The average Bonchev–Trinajstić information content (AvgIpc) is 2.68. The summed E-state index contributed by atoms with van der Waals surface area (Å²) in [6.07, 6.45) is 5.91. The lowest BCUT2D eigenvalue weighted by Crippen LogP contribution is -1.78. The van der Waals surface area contributed by atoms with Gasteiger partial charge in [0.1, 0.15) is 0 Å². The van der Waals surface area contributed by atoms with Crippen LogP contribution in [-0.4, -0.2) is 10.2 Å². The summed E-state index contributed by atoms with van der Waals surface area (Å²) in [5.41, 5.74) is 3.32. The predicted molar refractivity (Wildman–Crippen MR) is 58.7 cm³/mol. The van der Waals surface area contributed by atoms with Gasteiger partial charge in [-0.1, -0.05) is 36.4 Å². The SMILES string of the molecule is C/C=C/c1n[nH]cc1-c1ccccc1. The molecule has 0 aliphatic heterocycles. The highest BCUT2D eigenvalue weighted by molar-refractivity contribution is 5.72. The maximum absolute atomic E-state index is 4.17. The monoisotopic (exact) mass is 184 g/mol. The van der Waals surface area contributed by atoms with Crippen molar-refractivity contribution in [2.45, 2.75) is 6.92 Å². The van der Waals surface area contributed by atoms with Crippen LogP contribution in [0, 0.1) is 0 Å². The lowest BCUT2D eigenvalue weighted by Gasteiger charge is -1.97. The van der Waals surface area contributed by atoms with Crippen LogP contribution in [0.2, 0.25) is 0 Å². The number of hydrogen-bond donors (Lipinski definition) is 1. The van der Waals surface area contributed by atoms with E-state index in [-0.39, 0.29) is 0 Å². The molecule has 0 amide bonds. The molecule has 1 aromatic carbocycles. The van der Waals surface area contributed by atoms with Crippen molar-refractivity contribution in [2.75, 3.05) is 0 Å². The Kier molecular flexibility index (Phi) is 2.45. The summed E-state index contributed by atoms with van der Waals surface area (Å²) < 4.78 is 0. The first-order chi connectivity index (χ1) is 6.92. The second-order valence-corrected chi connectivity index (χ2v) is 3.05. The van der Waals surface area contributed by atoms with E-state index in [2.05, 4.69) is 22.3 Å². The van der Waals surface area contributed by atoms with E-state index >= 15 is 0 Å². The van der Waals surface area contributed by atoms with E-state index in [1.807, 2.05) is 43.5 Å². The van der Waals surface area contributed by atoms with E-state index in [1.54, 1.807) is 0 Å². The molecule has 1 heterocycles. The van der Waals surface area contributed by atoms with E-state index in [9.17, 15) is 0 Å². The van der Waals surface area contributed by atoms with Crippen molar-refractivity contribution in [2.24, 2.45) is 0 Å². The number of rotatable bonds is 2. The highest BCUT2D eigenvalue weighted by Crippen LogP contribution is 2.22. The third kappa shape index (κ3) is 1.59. The van der Waals surface area contributed by atoms with Gasteiger partial charge in [0.05, 0.1) is 5.69 Å². The van der Waals surface area contributed by atoms with E-state index in [1.165, 1.54) is 5.56 Å². The van der Waals surface area contributed by atoms with Gasteiger partial charge in [0.25, 0.3) is 0 Å². The zero-order valence-corrected chi connectivity index (χ0v) is 8.07. The fourth-order valence-corrected chi connectivity index (χ4v) is 1.43. The van der Waals surface area contributed by atoms with Gasteiger partial charge >= 0.3 is 0 Å². The third-order valence-corrected chi connectivity index (χ3v) is 2.08. The molecule has 0 aliphatic carbocycles. The molecule has 0 radical (unpaired) electrons. The van der Waals surface area contributed by atoms with Crippen LogP contribution in [0.15, 0.2) is 42.6 Å². The van der Waals surface area contributed by atoms with E-state index < -0.39 is 0 Å². The number of aromatic nitrogens is 2. The van der Waals surface area contributed by atoms with Gasteiger partial charge in [0, 0.05) is 11.8 Å². The molecule has 1 aromatic heterocycles. The van der Waals surface area contributed by atoms with Crippen LogP contribution in [0.1, 0.15) is 12.6 Å². The molecular formula is C12H12N2. The molecule has 2 nitrogen and oxygen atoms in total. The minimum atomic E-state index is 0.985. The molecule has 2 rings (SSSR count). The standard InChI is InChI=1S/C12H12N2/c1-2-6-12-11(9-13-14-12)10-7-4-3-5-8-10/h2-9H,1H3,(H,13,14)/b6-2+. The first-order valence-corrected chi connectivity index (χ1v) is 4.63. The van der Waals surface area contributed by atoms with E-state index in [0.717, 1.165) is 11.3 Å². The molecule has 0 fully saturated rings. The number of allylic oxidation sites excluding steroid dienone is 1. The normalized spacial score (nSPS) is 10.9. The van der Waals surface area contributed by atoms with Crippen LogP contribution < -0.4 is 0 Å². The zero-order chi connectivity index (χ0) is 9.80. The summed E-state index contributed by atoms with van der Waals surface area (Å²) in [7, 11) is 0. The maximum atomic E-state index is 4.17. The Labute approximate surface area is 83.3 Å². The third-order valence-electron chi connectivity index (χ3n) is 2.08. The molecule has 2 aromatic rings. The summed E-state index contributed by atoms with van der Waals surface area (Å²) in [5, 5.41) is 7.05. The Morgan fingerprint density at radius 1 is 1.21 bits per heavy atom. The smallest absolute Gasteiger partial charge is 0.0923 e. The van der Waals surface area contributed by atoms with Crippen LogP contribution in [0.4, 0.5) is 0 Å². The lowest BCUT2D eigenvalue weighted by atomic mass is 10.1. The van der Waals surface area contributed by atoms with Gasteiger partial charge in [-0.15, -0.1) is 0 Å². The summed E-state index contributed by atoms with van der Waals surface area (Å²) in [5.74, 6) is 0. The highest BCUT2D eigenvalue weighted by Gasteiger charge is 2.03. The first kappa shape index (κ1) is 8.75. The summed E-state index contributed by atoms with van der Waals surface area (Å²) in [6.45, 7) is 1.99. The molecule has 0 saturated heterocycles. The van der Waals surface area contributed by atoms with Gasteiger partial charge in [0.2, 0.25) is 0 Å². The van der Waals surface area contributed by atoms with Gasteiger partial charge < -0.3 is 0 Å². The molecule has 2 heteroatoms. The van der Waals surface area contributed by atoms with Crippen molar-refractivity contribution >= 4 is 6.08 Å². The summed E-state index contributed by atoms with van der Waals surface area (Å²) in [4.78, 5) is 0. The average molecular weight is 184 g/mol. The van der Waals surface area contributed by atoms with Crippen molar-refractivity contribution in [1.82, 2.24) is 10.2 Å². The van der Waals surface area contributed by atoms with Crippen LogP contribution >= 0.6 is 0 Å². The van der Waals surface area contributed by atoms with Gasteiger partial charge in [-0.05, 0) is 18.6 Å². The molecule has 0 bridgehead atoms. The van der Waals surface area contributed by atoms with Crippen LogP contribution in [0.3, 0.4) is 0 Å². The van der Waals surface area contributed by atoms with Crippen molar-refractivity contribution in [3.63, 3.8) is 0 Å². The molecule has 14 heavy (non-hydrogen) atoms. The Hall–Kier alpha value is -1.83. The maximum Gasteiger partial charge on any atom is 0.0923 e. The molecule has 0 aliphatic rings. The summed E-state index contributed by atoms with van der Waals surface area (Å²) in [6, 6.07) is 10.2. The number of aromatic amines is 1. The van der Waals surface area contributed by atoms with Gasteiger partial charge in [-0.2, -0.15) is 5.10 Å². The number of nitrogens with one attached hydrogen (secondary N) is 1. The van der Waals surface area contributed by atoms with Gasteiger partial charge in [0.15, 0.2) is 0 Å². The molecule has 0 unspecified atom stereocenters. The Balaban J connectivity index is 2.47. The second kappa shape index (κ2) is 3.92. The molecule has 1 N–H and O–H groups in total. The minimum absolute atomic E-state index is 0.985. The first-order valence-electron chi connectivity index (χ1n) is 4.63. The van der Waals surface area contributed by atoms with Crippen LogP contribution in [0.5, 0.6) is 0 Å². The second-order valence-electron chi connectivity index (χ2n) is 3.05. The van der Waals surface area contributed by atoms with Crippen molar-refractivity contribution in [1.29, 1.82) is 0 Å². The Morgan fingerprint density at radius 3 is 2.71 bits per heavy atom. The van der Waals surface area contributed by atoms with E-state index in [0.29, 0.717) is 0 Å².